The Hall–Kier alpha value is -1.26. The number of ether oxygens (including phenoxy) is 6. The molecule has 9 nitrogen and oxygen atoms in total. The first-order valence-corrected chi connectivity index (χ1v) is 15.5. The molecule has 0 bridgehead atoms. The summed E-state index contributed by atoms with van der Waals surface area (Å²) in [5.74, 6) is -2.96. The van der Waals surface area contributed by atoms with Crippen molar-refractivity contribution in [3.05, 3.63) is 0 Å². The molecule has 0 aliphatic carbocycles. The van der Waals surface area contributed by atoms with Gasteiger partial charge in [-0.05, 0) is 34.1 Å². The van der Waals surface area contributed by atoms with Crippen LogP contribution in [0.15, 0.2) is 5.10 Å². The van der Waals surface area contributed by atoms with E-state index in [0.717, 1.165) is 12.8 Å². The van der Waals surface area contributed by atoms with E-state index in [4.69, 9.17) is 28.4 Å². The zero-order valence-corrected chi connectivity index (χ0v) is 25.2. The maximum absolute atomic E-state index is 13.0. The van der Waals surface area contributed by atoms with Crippen LogP contribution in [0.4, 0.5) is 0 Å². The van der Waals surface area contributed by atoms with Crippen LogP contribution in [0.3, 0.4) is 0 Å². The topological polar surface area (TPSA) is 88.1 Å². The number of hydrazone groups is 1. The molecule has 3 fully saturated rings. The Labute approximate surface area is 235 Å². The van der Waals surface area contributed by atoms with Gasteiger partial charge in [0.25, 0.3) is 11.5 Å². The molecule has 0 saturated carbocycles. The third-order valence-electron chi connectivity index (χ3n) is 8.21. The van der Waals surface area contributed by atoms with Gasteiger partial charge < -0.3 is 28.4 Å². The van der Waals surface area contributed by atoms with Crippen LogP contribution in [0.2, 0.25) is 0 Å². The van der Waals surface area contributed by atoms with E-state index in [1.165, 1.54) is 82.6 Å². The lowest BCUT2D eigenvalue weighted by molar-refractivity contribution is -0.386. The Bertz CT molecular complexity index is 860. The van der Waals surface area contributed by atoms with Crippen molar-refractivity contribution in [3.63, 3.8) is 0 Å². The molecule has 224 valence electrons. The number of amides is 1. The average molecular weight is 553 g/mol. The molecule has 0 N–H and O–H groups in total. The van der Waals surface area contributed by atoms with E-state index in [1.54, 1.807) is 0 Å². The van der Waals surface area contributed by atoms with Gasteiger partial charge in [-0.15, -0.1) is 5.10 Å². The van der Waals surface area contributed by atoms with Gasteiger partial charge in [-0.25, -0.2) is 0 Å². The second kappa shape index (κ2) is 12.7. The van der Waals surface area contributed by atoms with Crippen molar-refractivity contribution >= 4 is 11.8 Å². The minimum Gasteiger partial charge on any atom is -0.442 e. The zero-order chi connectivity index (χ0) is 28.2. The normalized spacial score (nSPS) is 32.6. The van der Waals surface area contributed by atoms with Gasteiger partial charge in [0.05, 0.1) is 6.61 Å². The van der Waals surface area contributed by atoms with Crippen molar-refractivity contribution in [3.8, 4) is 0 Å². The van der Waals surface area contributed by atoms with Gasteiger partial charge in [0.2, 0.25) is 11.8 Å². The minimum atomic E-state index is -1.48. The fraction of sp³-hybridized carbons (Fsp3) is 0.933. The van der Waals surface area contributed by atoms with Crippen LogP contribution in [0.1, 0.15) is 131 Å². The van der Waals surface area contributed by atoms with Crippen LogP contribution in [0, 0.1) is 0 Å². The lowest BCUT2D eigenvalue weighted by Crippen LogP contribution is -2.76. The average Bonchev–Trinajstić information content (AvgIpc) is 3.51. The van der Waals surface area contributed by atoms with Gasteiger partial charge in [0.15, 0.2) is 17.7 Å². The summed E-state index contributed by atoms with van der Waals surface area (Å²) >= 11 is 0. The molecule has 0 aromatic carbocycles. The molecule has 39 heavy (non-hydrogen) atoms. The molecule has 4 rings (SSSR count). The molecule has 0 aromatic rings. The van der Waals surface area contributed by atoms with E-state index in [9.17, 15) is 4.79 Å². The molecule has 4 atom stereocenters. The molecule has 4 aliphatic heterocycles. The number of unbranched alkanes of at least 4 members (excludes halogenated alkanes) is 12. The molecule has 0 radical (unpaired) electrons. The summed E-state index contributed by atoms with van der Waals surface area (Å²) in [4.78, 5) is 13.0. The van der Waals surface area contributed by atoms with Crippen LogP contribution in [-0.2, 0) is 33.2 Å². The first-order valence-electron chi connectivity index (χ1n) is 15.5. The first-order chi connectivity index (χ1) is 18.5. The smallest absolute Gasteiger partial charge is 0.291 e. The molecule has 3 saturated heterocycles. The summed E-state index contributed by atoms with van der Waals surface area (Å²) in [5, 5.41) is 6.02. The third kappa shape index (κ3) is 6.80. The van der Waals surface area contributed by atoms with Crippen molar-refractivity contribution in [2.24, 2.45) is 5.10 Å². The predicted molar refractivity (Wildman–Crippen MR) is 148 cm³/mol. The van der Waals surface area contributed by atoms with Gasteiger partial charge in [-0.2, -0.15) is 5.01 Å². The SMILES string of the molecule is CCCCCCCCCCCCCCCC1=NN(C(C)=O)[C@@]2(O1)[C@@H]1OC(C)(C)O[C@@H]1CO[C@]21COC(C)(C)O1. The van der Waals surface area contributed by atoms with Gasteiger partial charge >= 0.3 is 0 Å². The fourth-order valence-corrected chi connectivity index (χ4v) is 6.34. The molecular formula is C30H52N2O7. The molecule has 0 aromatic heterocycles. The number of carbonyl (C=O) groups excluding carboxylic acids is 1. The summed E-state index contributed by atoms with van der Waals surface area (Å²) < 4.78 is 37.8. The Morgan fingerprint density at radius 1 is 0.846 bits per heavy atom. The summed E-state index contributed by atoms with van der Waals surface area (Å²) in [5.41, 5.74) is -1.48. The van der Waals surface area contributed by atoms with Crippen molar-refractivity contribution in [2.45, 2.75) is 167 Å². The molecule has 1 amide bonds. The predicted octanol–water partition coefficient (Wildman–Crippen LogP) is 6.39. The highest BCUT2D eigenvalue weighted by atomic mass is 16.9. The third-order valence-corrected chi connectivity index (χ3v) is 8.21. The second-order valence-corrected chi connectivity index (χ2v) is 12.6. The number of nitrogens with zero attached hydrogens (tertiary/aromatic N) is 2. The largest absolute Gasteiger partial charge is 0.442 e. The van der Waals surface area contributed by atoms with E-state index in [1.807, 2.05) is 27.7 Å². The molecule has 2 spiro atoms. The standard InChI is InChI=1S/C30H52N2O7/c1-7-8-9-10-11-12-13-14-15-16-17-18-19-20-25-31-32(23(2)33)30(37-25)26-24(36-28(5,6)38-26)21-34-29(30)22-35-27(3,4)39-29/h24,26H,7-22H2,1-6H3/t24-,26-,29+,30-/m1/s1. The van der Waals surface area contributed by atoms with E-state index in [-0.39, 0.29) is 19.1 Å². The van der Waals surface area contributed by atoms with Crippen LogP contribution in [0.25, 0.3) is 0 Å². The number of fused-ring (bicyclic) bond motifs is 3. The van der Waals surface area contributed by atoms with E-state index in [2.05, 4.69) is 12.0 Å². The highest BCUT2D eigenvalue weighted by Gasteiger charge is 2.78. The molecule has 4 heterocycles. The second-order valence-electron chi connectivity index (χ2n) is 12.6. The molecular weight excluding hydrogens is 500 g/mol. The highest BCUT2D eigenvalue weighted by molar-refractivity contribution is 5.83. The molecule has 0 unspecified atom stereocenters. The number of carbonyl (C=O) groups is 1. The first kappa shape index (κ1) is 30.7. The van der Waals surface area contributed by atoms with Crippen molar-refractivity contribution < 1.29 is 33.2 Å². The van der Waals surface area contributed by atoms with Crippen LogP contribution >= 0.6 is 0 Å². The Morgan fingerprint density at radius 3 is 1.97 bits per heavy atom. The van der Waals surface area contributed by atoms with Gasteiger partial charge in [-0.3, -0.25) is 4.79 Å². The van der Waals surface area contributed by atoms with Gasteiger partial charge in [-0.1, -0.05) is 84.0 Å². The number of rotatable bonds is 14. The minimum absolute atomic E-state index is 0.0817. The quantitative estimate of drug-likeness (QED) is 0.231. The maximum atomic E-state index is 13.0. The lowest BCUT2D eigenvalue weighted by Gasteiger charge is -2.52. The van der Waals surface area contributed by atoms with Crippen molar-refractivity contribution in [1.82, 2.24) is 5.01 Å². The molecule has 9 heteroatoms. The number of hydrogen-bond acceptors (Lipinski definition) is 8. The lowest BCUT2D eigenvalue weighted by atomic mass is 9.88. The van der Waals surface area contributed by atoms with E-state index < -0.39 is 35.3 Å². The summed E-state index contributed by atoms with van der Waals surface area (Å²) in [6.07, 6.45) is 16.3. The van der Waals surface area contributed by atoms with Crippen LogP contribution in [-0.4, -0.2) is 65.3 Å². The number of hydrogen-bond donors (Lipinski definition) is 0. The van der Waals surface area contributed by atoms with Gasteiger partial charge in [0.1, 0.15) is 12.7 Å². The maximum Gasteiger partial charge on any atom is 0.291 e. The van der Waals surface area contributed by atoms with E-state index >= 15 is 0 Å². The van der Waals surface area contributed by atoms with E-state index in [0.29, 0.717) is 12.3 Å². The highest BCUT2D eigenvalue weighted by Crippen LogP contribution is 2.54. The van der Waals surface area contributed by atoms with Gasteiger partial charge in [0, 0.05) is 13.3 Å². The molecule has 4 aliphatic rings. The Morgan fingerprint density at radius 2 is 1.44 bits per heavy atom. The van der Waals surface area contributed by atoms with Crippen molar-refractivity contribution in [1.29, 1.82) is 0 Å². The summed E-state index contributed by atoms with van der Waals surface area (Å²) in [6, 6.07) is 0. The van der Waals surface area contributed by atoms with Crippen LogP contribution in [0.5, 0.6) is 0 Å². The van der Waals surface area contributed by atoms with Crippen LogP contribution < -0.4 is 0 Å². The fourth-order valence-electron chi connectivity index (χ4n) is 6.34. The monoisotopic (exact) mass is 552 g/mol. The Balaban J connectivity index is 1.30. The Kier molecular flexibility index (Phi) is 10.0. The summed E-state index contributed by atoms with van der Waals surface area (Å²) in [7, 11) is 0. The summed E-state index contributed by atoms with van der Waals surface area (Å²) in [6.45, 7) is 11.4. The zero-order valence-electron chi connectivity index (χ0n) is 25.2. The van der Waals surface area contributed by atoms with Crippen molar-refractivity contribution in [2.75, 3.05) is 13.2 Å².